The number of alkyl halides is 3. The predicted molar refractivity (Wildman–Crippen MR) is 86.9 cm³/mol. The normalized spacial score (nSPS) is 11.5. The van der Waals surface area contributed by atoms with Crippen molar-refractivity contribution in [1.29, 1.82) is 0 Å². The largest absolute Gasteiger partial charge is 0.493 e. The molecule has 2 aromatic carbocycles. The molecule has 0 saturated heterocycles. The molecule has 0 aliphatic rings. The van der Waals surface area contributed by atoms with Gasteiger partial charge in [0.1, 0.15) is 11.4 Å². The van der Waals surface area contributed by atoms with Crippen molar-refractivity contribution in [2.24, 2.45) is 5.10 Å². The Kier molecular flexibility index (Phi) is 5.58. The van der Waals surface area contributed by atoms with Crippen LogP contribution in [0.3, 0.4) is 0 Å². The zero-order chi connectivity index (χ0) is 18.4. The number of anilines is 1. The fourth-order valence-electron chi connectivity index (χ4n) is 2.00. The Hall–Kier alpha value is -3.10. The lowest BCUT2D eigenvalue weighted by atomic mass is 10.1. The third-order valence-electron chi connectivity index (χ3n) is 3.13. The van der Waals surface area contributed by atoms with E-state index in [1.54, 1.807) is 24.3 Å². The van der Waals surface area contributed by atoms with E-state index < -0.39 is 22.4 Å². The summed E-state index contributed by atoms with van der Waals surface area (Å²) in [6.07, 6.45) is -3.30. The first-order valence-electron chi connectivity index (χ1n) is 7.19. The molecule has 0 bridgehead atoms. The van der Waals surface area contributed by atoms with Crippen LogP contribution >= 0.6 is 0 Å². The number of nitro benzene ring substituents is 1. The second-order valence-electron chi connectivity index (χ2n) is 4.83. The lowest BCUT2D eigenvalue weighted by molar-refractivity contribution is -0.384. The van der Waals surface area contributed by atoms with E-state index in [1.165, 1.54) is 6.21 Å². The zero-order valence-corrected chi connectivity index (χ0v) is 13.1. The number of hydrogen-bond acceptors (Lipinski definition) is 5. The summed E-state index contributed by atoms with van der Waals surface area (Å²) in [5.74, 6) is 0.567. The van der Waals surface area contributed by atoms with Crippen LogP contribution in [0, 0.1) is 10.1 Å². The minimum Gasteiger partial charge on any atom is -0.493 e. The van der Waals surface area contributed by atoms with Crippen LogP contribution in [0.5, 0.6) is 5.75 Å². The number of halogens is 3. The van der Waals surface area contributed by atoms with E-state index >= 15 is 0 Å². The van der Waals surface area contributed by atoms with E-state index in [1.807, 2.05) is 6.92 Å². The maximum atomic E-state index is 12.7. The zero-order valence-electron chi connectivity index (χ0n) is 13.1. The third kappa shape index (κ3) is 4.69. The lowest BCUT2D eigenvalue weighted by Crippen LogP contribution is -2.06. The third-order valence-corrected chi connectivity index (χ3v) is 3.13. The molecular formula is C16H14F3N3O3. The quantitative estimate of drug-likeness (QED) is 0.473. The maximum Gasteiger partial charge on any atom is 0.416 e. The number of nitrogens with zero attached hydrogens (tertiary/aromatic N) is 2. The van der Waals surface area contributed by atoms with Crippen LogP contribution in [0.1, 0.15) is 18.1 Å². The lowest BCUT2D eigenvalue weighted by Gasteiger charge is -2.08. The molecule has 1 N–H and O–H groups in total. The molecule has 9 heteroatoms. The SMILES string of the molecule is CCOc1ccccc1/C=N\Nc1ccc(C(F)(F)F)cc1[N+](=O)[O-]. The predicted octanol–water partition coefficient (Wildman–Crippen LogP) is 4.46. The molecule has 25 heavy (non-hydrogen) atoms. The first-order valence-corrected chi connectivity index (χ1v) is 7.19. The molecule has 132 valence electrons. The highest BCUT2D eigenvalue weighted by atomic mass is 19.4. The monoisotopic (exact) mass is 353 g/mol. The van der Waals surface area contributed by atoms with E-state index in [9.17, 15) is 23.3 Å². The van der Waals surface area contributed by atoms with Gasteiger partial charge in [-0.25, -0.2) is 0 Å². The van der Waals surface area contributed by atoms with E-state index in [0.717, 1.165) is 12.1 Å². The summed E-state index contributed by atoms with van der Waals surface area (Å²) >= 11 is 0. The number of ether oxygens (including phenoxy) is 1. The Bertz CT molecular complexity index is 792. The summed E-state index contributed by atoms with van der Waals surface area (Å²) in [4.78, 5) is 10.1. The number of benzene rings is 2. The first-order chi connectivity index (χ1) is 11.8. The molecule has 0 aliphatic carbocycles. The topological polar surface area (TPSA) is 76.8 Å². The Labute approximate surface area is 141 Å². The van der Waals surface area contributed by atoms with Crippen molar-refractivity contribution < 1.29 is 22.8 Å². The van der Waals surface area contributed by atoms with Gasteiger partial charge in [0.25, 0.3) is 5.69 Å². The van der Waals surface area contributed by atoms with Gasteiger partial charge in [-0.15, -0.1) is 0 Å². The average Bonchev–Trinajstić information content (AvgIpc) is 2.55. The van der Waals surface area contributed by atoms with Gasteiger partial charge in [-0.05, 0) is 31.2 Å². The van der Waals surface area contributed by atoms with Gasteiger partial charge in [0.15, 0.2) is 0 Å². The molecule has 0 heterocycles. The summed E-state index contributed by atoms with van der Waals surface area (Å²) < 4.78 is 43.4. The van der Waals surface area contributed by atoms with Gasteiger partial charge in [-0.2, -0.15) is 18.3 Å². The second kappa shape index (κ2) is 7.65. The summed E-state index contributed by atoms with van der Waals surface area (Å²) in [5.41, 5.74) is 1.04. The smallest absolute Gasteiger partial charge is 0.416 e. The minimum atomic E-state index is -4.66. The average molecular weight is 353 g/mol. The van der Waals surface area contributed by atoms with E-state index in [0.29, 0.717) is 24.0 Å². The Morgan fingerprint density at radius 1 is 1.28 bits per heavy atom. The second-order valence-corrected chi connectivity index (χ2v) is 4.83. The van der Waals surface area contributed by atoms with Crippen molar-refractivity contribution >= 4 is 17.6 Å². The molecule has 2 aromatic rings. The van der Waals surface area contributed by atoms with Crippen molar-refractivity contribution in [3.05, 3.63) is 63.7 Å². The number of nitro groups is 1. The summed E-state index contributed by atoms with van der Waals surface area (Å²) in [6.45, 7) is 2.26. The summed E-state index contributed by atoms with van der Waals surface area (Å²) in [7, 11) is 0. The van der Waals surface area contributed by atoms with Gasteiger partial charge in [0, 0.05) is 11.6 Å². The molecule has 6 nitrogen and oxygen atoms in total. The van der Waals surface area contributed by atoms with Crippen LogP contribution in [0.25, 0.3) is 0 Å². The maximum absolute atomic E-state index is 12.7. The molecule has 0 radical (unpaired) electrons. The number of para-hydroxylation sites is 1. The van der Waals surface area contributed by atoms with E-state index in [-0.39, 0.29) is 5.69 Å². The molecule has 0 aliphatic heterocycles. The van der Waals surface area contributed by atoms with Crippen molar-refractivity contribution in [2.75, 3.05) is 12.0 Å². The Balaban J connectivity index is 2.25. The molecule has 0 amide bonds. The number of hydrazone groups is 1. The highest BCUT2D eigenvalue weighted by Crippen LogP contribution is 2.34. The van der Waals surface area contributed by atoms with Crippen molar-refractivity contribution in [1.82, 2.24) is 0 Å². The molecule has 0 spiro atoms. The highest BCUT2D eigenvalue weighted by Gasteiger charge is 2.33. The number of hydrogen-bond donors (Lipinski definition) is 1. The van der Waals surface area contributed by atoms with Gasteiger partial charge in [0.2, 0.25) is 0 Å². The Morgan fingerprint density at radius 2 is 2.00 bits per heavy atom. The molecule has 0 fully saturated rings. The molecule has 0 saturated carbocycles. The number of rotatable bonds is 6. The van der Waals surface area contributed by atoms with Gasteiger partial charge < -0.3 is 4.74 Å². The fourth-order valence-corrected chi connectivity index (χ4v) is 2.00. The van der Waals surface area contributed by atoms with Crippen LogP contribution in [-0.4, -0.2) is 17.7 Å². The van der Waals surface area contributed by atoms with Crippen LogP contribution in [0.4, 0.5) is 24.5 Å². The van der Waals surface area contributed by atoms with Gasteiger partial charge in [-0.3, -0.25) is 15.5 Å². The molecular weight excluding hydrogens is 339 g/mol. The fraction of sp³-hybridized carbons (Fsp3) is 0.188. The Morgan fingerprint density at radius 3 is 2.64 bits per heavy atom. The van der Waals surface area contributed by atoms with Crippen molar-refractivity contribution in [3.63, 3.8) is 0 Å². The summed E-state index contributed by atoms with van der Waals surface area (Å²) in [6, 6.07) is 9.15. The van der Waals surface area contributed by atoms with Gasteiger partial charge in [0.05, 0.1) is 23.3 Å². The van der Waals surface area contributed by atoms with Crippen LogP contribution in [0.2, 0.25) is 0 Å². The van der Waals surface area contributed by atoms with Crippen molar-refractivity contribution in [2.45, 2.75) is 13.1 Å². The van der Waals surface area contributed by atoms with Gasteiger partial charge in [-0.1, -0.05) is 12.1 Å². The minimum absolute atomic E-state index is 0.150. The molecule has 0 aromatic heterocycles. The number of nitrogens with one attached hydrogen (secondary N) is 1. The van der Waals surface area contributed by atoms with Crippen molar-refractivity contribution in [3.8, 4) is 5.75 Å². The summed E-state index contributed by atoms with van der Waals surface area (Å²) in [5, 5.41) is 14.8. The first kappa shape index (κ1) is 18.2. The van der Waals surface area contributed by atoms with Crippen LogP contribution in [0.15, 0.2) is 47.6 Å². The standard InChI is InChI=1S/C16H14F3N3O3/c1-2-25-15-6-4-3-5-11(15)10-20-21-13-8-7-12(16(17,18)19)9-14(13)22(23)24/h3-10,21H,2H2,1H3/b20-10-. The molecule has 0 unspecified atom stereocenters. The van der Waals surface area contributed by atoms with Crippen LogP contribution < -0.4 is 10.2 Å². The highest BCUT2D eigenvalue weighted by molar-refractivity contribution is 5.84. The molecule has 0 atom stereocenters. The van der Waals surface area contributed by atoms with E-state index in [4.69, 9.17) is 4.74 Å². The van der Waals surface area contributed by atoms with E-state index in [2.05, 4.69) is 10.5 Å². The molecule has 2 rings (SSSR count). The van der Waals surface area contributed by atoms with Gasteiger partial charge >= 0.3 is 6.18 Å². The van der Waals surface area contributed by atoms with Crippen LogP contribution in [-0.2, 0) is 6.18 Å².